The van der Waals surface area contributed by atoms with Gasteiger partial charge >= 0.3 is 0 Å². The first-order valence-corrected chi connectivity index (χ1v) is 19.8. The Morgan fingerprint density at radius 1 is 0.815 bits per heavy atom. The van der Waals surface area contributed by atoms with Gasteiger partial charge in [-0.15, -0.1) is 11.3 Å². The number of carbonyl (C=O) groups is 2. The van der Waals surface area contributed by atoms with Crippen LogP contribution in [0.5, 0.6) is 0 Å². The number of thioether (sulfide) groups is 1. The number of aliphatic hydroxyl groups excluding tert-OH is 1. The summed E-state index contributed by atoms with van der Waals surface area (Å²) in [6.45, 7) is 0.365. The Morgan fingerprint density at radius 2 is 1.57 bits per heavy atom. The van der Waals surface area contributed by atoms with Gasteiger partial charge in [-0.3, -0.25) is 9.59 Å². The van der Waals surface area contributed by atoms with Crippen molar-refractivity contribution in [1.82, 2.24) is 10.3 Å². The fourth-order valence-corrected chi connectivity index (χ4v) is 8.46. The molecule has 5 aromatic carbocycles. The Balaban J connectivity index is 0.985. The Labute approximate surface area is 322 Å². The molecule has 1 fully saturated rings. The lowest BCUT2D eigenvalue weighted by atomic mass is 9.99. The van der Waals surface area contributed by atoms with E-state index in [4.69, 9.17) is 20.2 Å². The van der Waals surface area contributed by atoms with Crippen LogP contribution in [0.1, 0.15) is 60.3 Å². The molecule has 5 N–H and O–H groups in total. The number of para-hydroxylation sites is 3. The van der Waals surface area contributed by atoms with Crippen molar-refractivity contribution < 1.29 is 24.2 Å². The van der Waals surface area contributed by atoms with Crippen molar-refractivity contribution in [2.45, 2.75) is 61.7 Å². The van der Waals surface area contributed by atoms with Crippen LogP contribution in [0.3, 0.4) is 0 Å². The molecule has 1 aliphatic heterocycles. The van der Waals surface area contributed by atoms with Crippen molar-refractivity contribution in [3.05, 3.63) is 144 Å². The number of aromatic nitrogens is 1. The van der Waals surface area contributed by atoms with Gasteiger partial charge in [-0.1, -0.05) is 96.7 Å². The van der Waals surface area contributed by atoms with Crippen molar-refractivity contribution in [2.24, 2.45) is 0 Å². The molecule has 0 bridgehead atoms. The topological polar surface area (TPSA) is 136 Å². The molecule has 54 heavy (non-hydrogen) atoms. The minimum Gasteiger partial charge on any atom is -0.397 e. The van der Waals surface area contributed by atoms with Gasteiger partial charge in [0.1, 0.15) is 0 Å². The number of carbonyl (C=O) groups excluding carboxylic acids is 2. The number of nitrogens with zero attached hydrogens (tertiary/aromatic N) is 1. The lowest BCUT2D eigenvalue weighted by Crippen LogP contribution is -2.31. The number of ether oxygens (including phenoxy) is 2. The molecule has 0 radical (unpaired) electrons. The Bertz CT molecular complexity index is 2180. The predicted molar refractivity (Wildman–Crippen MR) is 216 cm³/mol. The highest BCUT2D eigenvalue weighted by Gasteiger charge is 2.32. The average molecular weight is 759 g/mol. The first-order valence-electron chi connectivity index (χ1n) is 18.0. The number of nitrogens with two attached hydrogens (primary N) is 1. The van der Waals surface area contributed by atoms with Crippen LogP contribution in [-0.2, 0) is 32.2 Å². The first-order chi connectivity index (χ1) is 26.4. The predicted octanol–water partition coefficient (Wildman–Crippen LogP) is 8.80. The number of nitrogens with one attached hydrogen (secondary N) is 2. The van der Waals surface area contributed by atoms with E-state index < -0.39 is 6.29 Å². The Hall–Kier alpha value is -5.04. The quantitative estimate of drug-likeness (QED) is 0.0640. The molecule has 6 aromatic rings. The molecule has 2 amide bonds. The summed E-state index contributed by atoms with van der Waals surface area (Å²) >= 11 is 3.40. The van der Waals surface area contributed by atoms with Crippen molar-refractivity contribution >= 4 is 56.5 Å². The highest BCUT2D eigenvalue weighted by atomic mass is 32.2. The van der Waals surface area contributed by atoms with Crippen LogP contribution in [0.25, 0.3) is 21.3 Å². The first kappa shape index (κ1) is 37.3. The second-order valence-electron chi connectivity index (χ2n) is 13.2. The number of thiazole rings is 1. The molecular formula is C43H42N4O5S2. The second kappa shape index (κ2) is 17.9. The number of rotatable bonds is 14. The summed E-state index contributed by atoms with van der Waals surface area (Å²) in [5, 5.41) is 15.4. The van der Waals surface area contributed by atoms with Gasteiger partial charge < -0.3 is 30.9 Å². The molecule has 1 aliphatic rings. The Morgan fingerprint density at radius 3 is 2.39 bits per heavy atom. The van der Waals surface area contributed by atoms with Crippen LogP contribution in [0.15, 0.2) is 126 Å². The zero-order chi connectivity index (χ0) is 37.3. The summed E-state index contributed by atoms with van der Waals surface area (Å²) in [7, 11) is 0. The number of benzene rings is 5. The summed E-state index contributed by atoms with van der Waals surface area (Å²) in [6.07, 6.45) is 0.724. The number of anilines is 2. The van der Waals surface area contributed by atoms with E-state index in [1.54, 1.807) is 35.2 Å². The average Bonchev–Trinajstić information content (AvgIpc) is 3.63. The highest BCUT2D eigenvalue weighted by Crippen LogP contribution is 2.41. The van der Waals surface area contributed by atoms with Crippen LogP contribution in [0.4, 0.5) is 11.4 Å². The van der Waals surface area contributed by atoms with Crippen LogP contribution < -0.4 is 16.4 Å². The Kier molecular flexibility index (Phi) is 12.3. The molecule has 0 unspecified atom stereocenters. The normalized spacial score (nSPS) is 16.9. The van der Waals surface area contributed by atoms with Crippen molar-refractivity contribution in [3.8, 4) is 11.1 Å². The number of nitrogen functional groups attached to an aromatic ring is 1. The molecule has 0 saturated carbocycles. The summed E-state index contributed by atoms with van der Waals surface area (Å²) in [5.41, 5.74) is 13.8. The number of hydrogen-bond acceptors (Lipinski definition) is 9. The molecule has 276 valence electrons. The molecule has 2 heterocycles. The third-order valence-corrected chi connectivity index (χ3v) is 11.5. The highest BCUT2D eigenvalue weighted by molar-refractivity contribution is 8.01. The zero-order valence-corrected chi connectivity index (χ0v) is 31.3. The van der Waals surface area contributed by atoms with Gasteiger partial charge in [0.2, 0.25) is 11.8 Å². The van der Waals surface area contributed by atoms with E-state index in [0.717, 1.165) is 49.0 Å². The lowest BCUT2D eigenvalue weighted by molar-refractivity contribution is -0.245. The van der Waals surface area contributed by atoms with Gasteiger partial charge in [0, 0.05) is 37.1 Å². The van der Waals surface area contributed by atoms with E-state index in [-0.39, 0.29) is 43.5 Å². The summed E-state index contributed by atoms with van der Waals surface area (Å²) in [6, 6.07) is 39.5. The van der Waals surface area contributed by atoms with E-state index in [1.807, 2.05) is 84.9 Å². The maximum atomic E-state index is 12.6. The van der Waals surface area contributed by atoms with E-state index in [0.29, 0.717) is 30.8 Å². The number of amides is 2. The van der Waals surface area contributed by atoms with Gasteiger partial charge in [-0.05, 0) is 70.6 Å². The van der Waals surface area contributed by atoms with Gasteiger partial charge in [-0.25, -0.2) is 4.98 Å². The smallest absolute Gasteiger partial charge is 0.224 e. The minimum absolute atomic E-state index is 0.00839. The number of hydrogen-bond donors (Lipinski definition) is 4. The molecular weight excluding hydrogens is 717 g/mol. The van der Waals surface area contributed by atoms with Crippen LogP contribution in [0, 0.1) is 0 Å². The van der Waals surface area contributed by atoms with E-state index >= 15 is 0 Å². The van der Waals surface area contributed by atoms with Gasteiger partial charge in [0.05, 0.1) is 40.4 Å². The molecule has 11 heteroatoms. The van der Waals surface area contributed by atoms with Crippen molar-refractivity contribution in [2.75, 3.05) is 16.8 Å². The minimum atomic E-state index is -0.586. The second-order valence-corrected chi connectivity index (χ2v) is 15.5. The van der Waals surface area contributed by atoms with Crippen LogP contribution in [0.2, 0.25) is 0 Å². The standard InChI is InChI=1S/C43H42N4O5S2/c44-35-12-1-2-13-36(35)46-41(50)17-7-16-40(49)45-25-29-8-5-9-31(22-29)32-10-6-11-33(23-32)42-51-34(24-38(52-42)30-20-18-28(26-48)19-21-30)27-53-43-47-37-14-3-4-15-39(37)54-43/h1-6,8-15,18-23,34,38,42,48H,7,16-17,24-27,44H2,(H,45,49)(H,46,50)/t34-,38+,42+/m0/s1. The number of aliphatic hydroxyl groups is 1. The summed E-state index contributed by atoms with van der Waals surface area (Å²) in [4.78, 5) is 29.8. The monoisotopic (exact) mass is 758 g/mol. The lowest BCUT2D eigenvalue weighted by Gasteiger charge is -2.36. The third-order valence-electron chi connectivity index (χ3n) is 9.23. The molecule has 9 nitrogen and oxygen atoms in total. The summed E-state index contributed by atoms with van der Waals surface area (Å²) in [5.74, 6) is 0.442. The number of fused-ring (bicyclic) bond motifs is 1. The molecule has 1 aromatic heterocycles. The molecule has 1 saturated heterocycles. The fourth-order valence-electron chi connectivity index (χ4n) is 6.35. The molecule has 0 spiro atoms. The SMILES string of the molecule is Nc1ccccc1NC(=O)CCCC(=O)NCc1cccc(-c2cccc([C@@H]3O[C@H](CSc4nc5ccccc5s4)C[C@H](c4ccc(CO)cc4)O3)c2)c1. The van der Waals surface area contributed by atoms with E-state index in [9.17, 15) is 14.7 Å². The van der Waals surface area contributed by atoms with Gasteiger partial charge in [-0.2, -0.15) is 0 Å². The van der Waals surface area contributed by atoms with E-state index in [1.165, 1.54) is 4.70 Å². The largest absolute Gasteiger partial charge is 0.397 e. The molecule has 3 atom stereocenters. The van der Waals surface area contributed by atoms with Crippen molar-refractivity contribution in [3.63, 3.8) is 0 Å². The molecule has 7 rings (SSSR count). The van der Waals surface area contributed by atoms with Gasteiger partial charge in [0.15, 0.2) is 10.6 Å². The summed E-state index contributed by atoms with van der Waals surface area (Å²) < 4.78 is 15.5. The third kappa shape index (κ3) is 9.73. The van der Waals surface area contributed by atoms with E-state index in [2.05, 4.69) is 34.9 Å². The van der Waals surface area contributed by atoms with Crippen LogP contribution >= 0.6 is 23.1 Å². The molecule has 0 aliphatic carbocycles. The zero-order valence-electron chi connectivity index (χ0n) is 29.7. The van der Waals surface area contributed by atoms with Gasteiger partial charge in [0.25, 0.3) is 0 Å². The maximum Gasteiger partial charge on any atom is 0.224 e. The van der Waals surface area contributed by atoms with Crippen molar-refractivity contribution in [1.29, 1.82) is 0 Å². The maximum absolute atomic E-state index is 12.6. The van der Waals surface area contributed by atoms with Crippen LogP contribution in [-0.4, -0.2) is 33.8 Å². The fraction of sp³-hybridized carbons (Fsp3) is 0.233.